The van der Waals surface area contributed by atoms with Gasteiger partial charge in [0.2, 0.25) is 5.91 Å². The molecule has 1 aromatic heterocycles. The second kappa shape index (κ2) is 14.5. The Morgan fingerprint density at radius 1 is 0.909 bits per heavy atom. The predicted octanol–water partition coefficient (Wildman–Crippen LogP) is 5.14. The summed E-state index contributed by atoms with van der Waals surface area (Å²) in [5, 5.41) is 17.4. The van der Waals surface area contributed by atoms with E-state index in [-0.39, 0.29) is 18.1 Å². The van der Waals surface area contributed by atoms with Crippen LogP contribution >= 0.6 is 0 Å². The number of nitrogens with one attached hydrogen (secondary N) is 1. The molecule has 4 aromatic rings. The first-order valence-corrected chi connectivity index (χ1v) is 13.8. The lowest BCUT2D eigenvalue weighted by Crippen LogP contribution is -2.40. The number of rotatable bonds is 8. The van der Waals surface area contributed by atoms with Gasteiger partial charge in [0.1, 0.15) is 18.2 Å². The number of anilines is 1. The van der Waals surface area contributed by atoms with Crippen LogP contribution in [0.3, 0.4) is 0 Å². The number of para-hydroxylation sites is 3. The number of fused-ring (bicyclic) bond motifs is 1. The molecule has 1 amide bonds. The van der Waals surface area contributed by atoms with E-state index >= 15 is 0 Å². The first-order chi connectivity index (χ1) is 21.0. The van der Waals surface area contributed by atoms with Gasteiger partial charge in [-0.25, -0.2) is 14.6 Å². The fourth-order valence-corrected chi connectivity index (χ4v) is 4.87. The number of hydrogen-bond donors (Lipinski definition) is 3. The molecule has 10 nitrogen and oxygen atoms in total. The highest BCUT2D eigenvalue weighted by Crippen LogP contribution is 2.31. The zero-order valence-corrected chi connectivity index (χ0v) is 23.5. The van der Waals surface area contributed by atoms with Crippen molar-refractivity contribution in [3.05, 3.63) is 90.3 Å². The number of amides is 1. The molecule has 1 fully saturated rings. The fourth-order valence-electron chi connectivity index (χ4n) is 4.87. The normalized spacial score (nSPS) is 14.0. The van der Waals surface area contributed by atoms with Crippen LogP contribution in [0.15, 0.2) is 78.9 Å². The number of benzene rings is 3. The second-order valence-corrected chi connectivity index (χ2v) is 10.2. The number of nitrogens with zero attached hydrogens (tertiary/aromatic N) is 3. The fraction of sp³-hybridized carbons (Fsp3) is 0.290. The molecule has 0 radical (unpaired) electrons. The van der Waals surface area contributed by atoms with E-state index in [9.17, 15) is 18.0 Å². The molecule has 5 rings (SSSR count). The van der Waals surface area contributed by atoms with Crippen LogP contribution in [-0.4, -0.2) is 62.1 Å². The number of carboxylic acids is 2. The Balaban J connectivity index is 0.000000670. The SMILES string of the molecule is O=C(CN1CCC(Cn2c(COc3ccccc3)nc3ccccc32)CC1)Nc1cccc(C(F)(F)F)c1.O=C(O)C(=O)O. The van der Waals surface area contributed by atoms with Gasteiger partial charge in [-0.15, -0.1) is 0 Å². The lowest BCUT2D eigenvalue weighted by Gasteiger charge is -2.32. The number of ether oxygens (including phenoxy) is 1. The number of piperidine rings is 1. The van der Waals surface area contributed by atoms with Gasteiger partial charge in [0, 0.05) is 12.2 Å². The van der Waals surface area contributed by atoms with Gasteiger partial charge in [0.25, 0.3) is 0 Å². The first kappa shape index (κ1) is 32.0. The first-order valence-electron chi connectivity index (χ1n) is 13.8. The van der Waals surface area contributed by atoms with Crippen LogP contribution in [0, 0.1) is 5.92 Å². The van der Waals surface area contributed by atoms with Gasteiger partial charge < -0.3 is 24.8 Å². The van der Waals surface area contributed by atoms with Gasteiger partial charge in [-0.3, -0.25) is 9.69 Å². The Bertz CT molecular complexity index is 1570. The van der Waals surface area contributed by atoms with Crippen molar-refractivity contribution in [2.24, 2.45) is 5.92 Å². The third kappa shape index (κ3) is 9.04. The van der Waals surface area contributed by atoms with E-state index in [1.807, 2.05) is 53.4 Å². The molecule has 0 atom stereocenters. The number of aliphatic carboxylic acids is 2. The lowest BCUT2D eigenvalue weighted by molar-refractivity contribution is -0.159. The molecule has 0 spiro atoms. The average molecular weight is 613 g/mol. The van der Waals surface area contributed by atoms with E-state index in [1.165, 1.54) is 12.1 Å². The third-order valence-corrected chi connectivity index (χ3v) is 7.02. The summed E-state index contributed by atoms with van der Waals surface area (Å²) in [7, 11) is 0. The minimum atomic E-state index is -4.45. The van der Waals surface area contributed by atoms with Crippen LogP contribution in [0.1, 0.15) is 24.2 Å². The molecule has 1 aliphatic rings. The van der Waals surface area contributed by atoms with E-state index in [0.29, 0.717) is 12.5 Å². The number of alkyl halides is 3. The van der Waals surface area contributed by atoms with Gasteiger partial charge >= 0.3 is 18.1 Å². The quantitative estimate of drug-likeness (QED) is 0.233. The minimum absolute atomic E-state index is 0.146. The van der Waals surface area contributed by atoms with Crippen molar-refractivity contribution in [3.8, 4) is 5.75 Å². The van der Waals surface area contributed by atoms with Crippen LogP contribution in [0.5, 0.6) is 5.75 Å². The molecule has 0 unspecified atom stereocenters. The summed E-state index contributed by atoms with van der Waals surface area (Å²) < 4.78 is 47.1. The minimum Gasteiger partial charge on any atom is -0.486 e. The molecule has 2 heterocycles. The summed E-state index contributed by atoms with van der Waals surface area (Å²) in [5.41, 5.74) is 1.37. The molecule has 3 aromatic carbocycles. The highest BCUT2D eigenvalue weighted by Gasteiger charge is 2.30. The maximum atomic E-state index is 12.9. The van der Waals surface area contributed by atoms with Crippen molar-refractivity contribution in [1.82, 2.24) is 14.5 Å². The maximum Gasteiger partial charge on any atom is 0.416 e. The molecule has 232 valence electrons. The summed E-state index contributed by atoms with van der Waals surface area (Å²) in [5.74, 6) is -1.89. The second-order valence-electron chi connectivity index (χ2n) is 10.2. The van der Waals surface area contributed by atoms with Crippen LogP contribution in [-0.2, 0) is 33.7 Å². The summed E-state index contributed by atoms with van der Waals surface area (Å²) in [6.45, 7) is 2.80. The molecule has 0 bridgehead atoms. The van der Waals surface area contributed by atoms with Gasteiger partial charge in [-0.1, -0.05) is 36.4 Å². The Hall–Kier alpha value is -4.91. The van der Waals surface area contributed by atoms with Crippen LogP contribution in [0.2, 0.25) is 0 Å². The summed E-state index contributed by atoms with van der Waals surface area (Å²) in [4.78, 5) is 37.6. The Kier molecular flexibility index (Phi) is 10.6. The zero-order valence-electron chi connectivity index (χ0n) is 23.5. The lowest BCUT2D eigenvalue weighted by atomic mass is 9.96. The van der Waals surface area contributed by atoms with E-state index in [4.69, 9.17) is 29.5 Å². The number of imidazole rings is 1. The molecule has 44 heavy (non-hydrogen) atoms. The summed E-state index contributed by atoms with van der Waals surface area (Å²) in [6, 6.07) is 22.4. The summed E-state index contributed by atoms with van der Waals surface area (Å²) in [6.07, 6.45) is -2.64. The van der Waals surface area contributed by atoms with E-state index in [1.54, 1.807) is 0 Å². The highest BCUT2D eigenvalue weighted by molar-refractivity contribution is 6.27. The van der Waals surface area contributed by atoms with Crippen molar-refractivity contribution in [1.29, 1.82) is 0 Å². The Morgan fingerprint density at radius 2 is 1.57 bits per heavy atom. The van der Waals surface area contributed by atoms with Crippen molar-refractivity contribution < 1.29 is 42.5 Å². The highest BCUT2D eigenvalue weighted by atomic mass is 19.4. The molecule has 0 aliphatic carbocycles. The standard InChI is InChI=1S/C29H29F3N4O2.C2H2O4/c30-29(31,32)22-7-6-8-23(17-22)33-28(37)19-35-15-13-21(14-16-35)18-36-26-12-5-4-11-25(26)34-27(36)20-38-24-9-2-1-3-10-24;3-1(4)2(5)6/h1-12,17,21H,13-16,18-20H2,(H,33,37);(H,3,4)(H,5,6). The van der Waals surface area contributed by atoms with Crippen LogP contribution in [0.4, 0.5) is 18.9 Å². The van der Waals surface area contributed by atoms with Crippen molar-refractivity contribution >= 4 is 34.6 Å². The number of carbonyl (C=O) groups is 3. The van der Waals surface area contributed by atoms with Gasteiger partial charge in [-0.2, -0.15) is 13.2 Å². The van der Waals surface area contributed by atoms with Crippen LogP contribution in [0.25, 0.3) is 11.0 Å². The monoisotopic (exact) mass is 612 g/mol. The van der Waals surface area contributed by atoms with Crippen LogP contribution < -0.4 is 10.1 Å². The van der Waals surface area contributed by atoms with Crippen molar-refractivity contribution in [2.75, 3.05) is 25.0 Å². The largest absolute Gasteiger partial charge is 0.486 e. The van der Waals surface area contributed by atoms with Gasteiger partial charge in [-0.05, 0) is 74.3 Å². The number of hydrogen-bond acceptors (Lipinski definition) is 6. The molecule has 0 saturated carbocycles. The molecule has 3 N–H and O–H groups in total. The van der Waals surface area contributed by atoms with Gasteiger partial charge in [0.05, 0.1) is 23.1 Å². The molecule has 1 saturated heterocycles. The number of carboxylic acid groups (broad SMARTS) is 2. The van der Waals surface area contributed by atoms with E-state index in [0.717, 1.165) is 67.2 Å². The molecular formula is C31H31F3N4O6. The zero-order chi connectivity index (χ0) is 31.7. The Morgan fingerprint density at radius 3 is 2.23 bits per heavy atom. The van der Waals surface area contributed by atoms with Crippen molar-refractivity contribution in [3.63, 3.8) is 0 Å². The Labute approximate surface area is 250 Å². The van der Waals surface area contributed by atoms with Crippen molar-refractivity contribution in [2.45, 2.75) is 32.2 Å². The average Bonchev–Trinajstić information content (AvgIpc) is 3.34. The number of likely N-dealkylation sites (tertiary alicyclic amines) is 1. The molecule has 1 aliphatic heterocycles. The maximum absolute atomic E-state index is 12.9. The molecule has 13 heteroatoms. The topological polar surface area (TPSA) is 134 Å². The molecular weight excluding hydrogens is 581 g/mol. The number of halogens is 3. The number of aromatic nitrogens is 2. The van der Waals surface area contributed by atoms with E-state index < -0.39 is 23.7 Å². The predicted molar refractivity (Wildman–Crippen MR) is 155 cm³/mol. The summed E-state index contributed by atoms with van der Waals surface area (Å²) >= 11 is 0. The number of carbonyl (C=O) groups excluding carboxylic acids is 1. The van der Waals surface area contributed by atoms with Gasteiger partial charge in [0.15, 0.2) is 0 Å². The smallest absolute Gasteiger partial charge is 0.416 e. The third-order valence-electron chi connectivity index (χ3n) is 7.02. The van der Waals surface area contributed by atoms with E-state index in [2.05, 4.69) is 16.0 Å².